The summed E-state index contributed by atoms with van der Waals surface area (Å²) < 4.78 is 34.2. The Kier molecular flexibility index (Phi) is 6.55. The molecule has 194 valence electrons. The number of likely N-dealkylation sites (tertiary alicyclic amines) is 1. The molecule has 4 aromatic rings. The highest BCUT2D eigenvalue weighted by atomic mass is 32.2. The van der Waals surface area contributed by atoms with Gasteiger partial charge in [-0.05, 0) is 36.4 Å². The number of anilines is 2. The molecule has 1 aliphatic rings. The van der Waals surface area contributed by atoms with Gasteiger partial charge in [0.05, 0.1) is 29.9 Å². The fourth-order valence-corrected chi connectivity index (χ4v) is 5.56. The molecule has 5 rings (SSSR count). The molecule has 1 aliphatic heterocycles. The van der Waals surface area contributed by atoms with Crippen LogP contribution in [-0.2, 0) is 10.0 Å². The predicted molar refractivity (Wildman–Crippen MR) is 140 cm³/mol. The minimum atomic E-state index is -3.99. The number of hydrogen-bond acceptors (Lipinski definition) is 7. The molecule has 0 bridgehead atoms. The molecule has 1 fully saturated rings. The number of methoxy groups -OCH3 is 1. The van der Waals surface area contributed by atoms with Gasteiger partial charge < -0.3 is 14.7 Å². The second-order valence-corrected chi connectivity index (χ2v) is 10.2. The first kappa shape index (κ1) is 25.0. The Balaban J connectivity index is 1.33. The number of carbonyl (C=O) groups is 2. The quantitative estimate of drug-likeness (QED) is 0.368. The Labute approximate surface area is 218 Å². The van der Waals surface area contributed by atoms with E-state index >= 15 is 0 Å². The first-order chi connectivity index (χ1) is 18.3. The summed E-state index contributed by atoms with van der Waals surface area (Å²) in [6.07, 6.45) is 1.87. The fraction of sp³-hybridized carbons (Fsp3) is 0.154. The van der Waals surface area contributed by atoms with Gasteiger partial charge in [-0.3, -0.25) is 19.4 Å². The van der Waals surface area contributed by atoms with Crippen LogP contribution in [0.1, 0.15) is 10.4 Å². The van der Waals surface area contributed by atoms with Gasteiger partial charge in [-0.2, -0.15) is 0 Å². The van der Waals surface area contributed by atoms with Gasteiger partial charge in [0.15, 0.2) is 0 Å². The van der Waals surface area contributed by atoms with Gasteiger partial charge in [-0.15, -0.1) is 0 Å². The van der Waals surface area contributed by atoms with E-state index in [1.807, 2.05) is 0 Å². The Hall–Kier alpha value is -4.71. The number of para-hydroxylation sites is 1. The van der Waals surface area contributed by atoms with E-state index in [0.29, 0.717) is 10.9 Å². The number of ether oxygens (including phenoxy) is 1. The van der Waals surface area contributed by atoms with Crippen molar-refractivity contribution in [1.29, 1.82) is 0 Å². The number of sulfonamides is 1. The topological polar surface area (TPSA) is 142 Å². The number of aromatic nitrogens is 2. The molecule has 1 saturated heterocycles. The summed E-state index contributed by atoms with van der Waals surface area (Å²) in [7, 11) is -2.61. The molecule has 0 aliphatic carbocycles. The fourth-order valence-electron chi connectivity index (χ4n) is 4.33. The number of hydrogen-bond donors (Lipinski definition) is 2. The molecular weight excluding hydrogens is 510 g/mol. The van der Waals surface area contributed by atoms with Crippen LogP contribution in [0, 0.1) is 0 Å². The van der Waals surface area contributed by atoms with Crippen molar-refractivity contribution < 1.29 is 27.9 Å². The standard InChI is InChI=1S/C26H23N5O6S/c1-37-21-14-18(29-38(35,36)22-8-4-6-17-7-5-13-28-24(17)22)10-11-20(21)25(32)30-15-19(16-30)31(26(33)34)23-9-2-3-12-27-23/h2-14,19,29H,15-16H2,1H3,(H,33,34). The minimum Gasteiger partial charge on any atom is -0.496 e. The van der Waals surface area contributed by atoms with Crippen LogP contribution in [0.3, 0.4) is 0 Å². The molecule has 12 heteroatoms. The summed E-state index contributed by atoms with van der Waals surface area (Å²) in [5.41, 5.74) is 0.773. The summed E-state index contributed by atoms with van der Waals surface area (Å²) in [5.74, 6) is 0.0966. The number of nitrogens with zero attached hydrogens (tertiary/aromatic N) is 4. The molecule has 0 unspecified atom stereocenters. The van der Waals surface area contributed by atoms with Gasteiger partial charge in [0, 0.05) is 36.9 Å². The Morgan fingerprint density at radius 2 is 1.79 bits per heavy atom. The lowest BCUT2D eigenvalue weighted by Gasteiger charge is -2.43. The van der Waals surface area contributed by atoms with Crippen LogP contribution >= 0.6 is 0 Å². The summed E-state index contributed by atoms with van der Waals surface area (Å²) in [4.78, 5) is 35.9. The zero-order chi connectivity index (χ0) is 26.9. The third kappa shape index (κ3) is 4.68. The lowest BCUT2D eigenvalue weighted by Crippen LogP contribution is -2.62. The second kappa shape index (κ2) is 9.98. The predicted octanol–water partition coefficient (Wildman–Crippen LogP) is 3.45. The molecule has 2 N–H and O–H groups in total. The zero-order valence-corrected chi connectivity index (χ0v) is 21.0. The Morgan fingerprint density at radius 1 is 1.03 bits per heavy atom. The van der Waals surface area contributed by atoms with Crippen molar-refractivity contribution in [2.24, 2.45) is 0 Å². The maximum absolute atomic E-state index is 13.2. The third-order valence-corrected chi connectivity index (χ3v) is 7.60. The summed E-state index contributed by atoms with van der Waals surface area (Å²) >= 11 is 0. The van der Waals surface area contributed by atoms with Crippen molar-refractivity contribution in [3.8, 4) is 5.75 Å². The van der Waals surface area contributed by atoms with Gasteiger partial charge >= 0.3 is 6.09 Å². The zero-order valence-electron chi connectivity index (χ0n) is 20.2. The van der Waals surface area contributed by atoms with Crippen molar-refractivity contribution in [2.75, 3.05) is 29.8 Å². The first-order valence-electron chi connectivity index (χ1n) is 11.6. The molecule has 3 heterocycles. The van der Waals surface area contributed by atoms with E-state index in [9.17, 15) is 23.1 Å². The average molecular weight is 534 g/mol. The van der Waals surface area contributed by atoms with Gasteiger partial charge in [0.25, 0.3) is 15.9 Å². The molecule has 11 nitrogen and oxygen atoms in total. The van der Waals surface area contributed by atoms with E-state index in [-0.39, 0.29) is 46.7 Å². The van der Waals surface area contributed by atoms with Crippen LogP contribution in [0.15, 0.2) is 84.0 Å². The number of fused-ring (bicyclic) bond motifs is 1. The monoisotopic (exact) mass is 533 g/mol. The number of pyridine rings is 2. The lowest BCUT2D eigenvalue weighted by atomic mass is 10.0. The van der Waals surface area contributed by atoms with E-state index in [1.165, 1.54) is 48.7 Å². The van der Waals surface area contributed by atoms with Gasteiger partial charge in [0.2, 0.25) is 0 Å². The molecule has 2 amide bonds. The van der Waals surface area contributed by atoms with Gasteiger partial charge in [-0.1, -0.05) is 24.3 Å². The lowest BCUT2D eigenvalue weighted by molar-refractivity contribution is 0.0592. The molecule has 0 atom stereocenters. The second-order valence-electron chi connectivity index (χ2n) is 8.56. The highest BCUT2D eigenvalue weighted by molar-refractivity contribution is 7.93. The van der Waals surface area contributed by atoms with E-state index in [0.717, 1.165) is 4.90 Å². The number of carboxylic acid groups (broad SMARTS) is 1. The SMILES string of the molecule is COc1cc(NS(=O)(=O)c2cccc3cccnc23)ccc1C(=O)N1CC(N(C(=O)O)c2ccccn2)C1. The van der Waals surface area contributed by atoms with Gasteiger partial charge in [-0.25, -0.2) is 18.2 Å². The Bertz CT molecular complexity index is 1620. The first-order valence-corrected chi connectivity index (χ1v) is 13.0. The van der Waals surface area contributed by atoms with Crippen LogP contribution in [0.25, 0.3) is 10.9 Å². The molecule has 2 aromatic carbocycles. The number of carbonyl (C=O) groups excluding carboxylic acids is 1. The number of amides is 2. The molecule has 0 saturated carbocycles. The van der Waals surface area contributed by atoms with Crippen molar-refractivity contribution >= 4 is 44.4 Å². The van der Waals surface area contributed by atoms with Crippen LogP contribution in [0.2, 0.25) is 0 Å². The molecule has 0 spiro atoms. The Morgan fingerprint density at radius 3 is 2.50 bits per heavy atom. The largest absolute Gasteiger partial charge is 0.496 e. The van der Waals surface area contributed by atoms with Crippen LogP contribution in [-0.4, -0.2) is 66.6 Å². The van der Waals surface area contributed by atoms with Crippen molar-refractivity contribution in [1.82, 2.24) is 14.9 Å². The highest BCUT2D eigenvalue weighted by Gasteiger charge is 2.39. The van der Waals surface area contributed by atoms with E-state index in [4.69, 9.17) is 4.74 Å². The van der Waals surface area contributed by atoms with Crippen molar-refractivity contribution in [3.05, 3.63) is 84.7 Å². The highest BCUT2D eigenvalue weighted by Crippen LogP contribution is 2.30. The molecule has 2 aromatic heterocycles. The van der Waals surface area contributed by atoms with E-state index in [1.54, 1.807) is 42.5 Å². The maximum atomic E-state index is 13.2. The molecule has 0 radical (unpaired) electrons. The van der Waals surface area contributed by atoms with Gasteiger partial charge in [0.1, 0.15) is 16.5 Å². The van der Waals surface area contributed by atoms with E-state index in [2.05, 4.69) is 14.7 Å². The normalized spacial score (nSPS) is 13.6. The summed E-state index contributed by atoms with van der Waals surface area (Å²) in [6, 6.07) is 17.3. The maximum Gasteiger partial charge on any atom is 0.413 e. The molecule has 38 heavy (non-hydrogen) atoms. The number of nitrogens with one attached hydrogen (secondary N) is 1. The van der Waals surface area contributed by atoms with Crippen LogP contribution in [0.4, 0.5) is 16.3 Å². The summed E-state index contributed by atoms with van der Waals surface area (Å²) in [5, 5.41) is 10.3. The third-order valence-electron chi connectivity index (χ3n) is 6.19. The van der Waals surface area contributed by atoms with Crippen molar-refractivity contribution in [3.63, 3.8) is 0 Å². The van der Waals surface area contributed by atoms with Crippen LogP contribution < -0.4 is 14.4 Å². The minimum absolute atomic E-state index is 0.0252. The number of benzene rings is 2. The average Bonchev–Trinajstić information content (AvgIpc) is 2.89. The number of rotatable bonds is 7. The van der Waals surface area contributed by atoms with Crippen molar-refractivity contribution in [2.45, 2.75) is 10.9 Å². The smallest absolute Gasteiger partial charge is 0.413 e. The summed E-state index contributed by atoms with van der Waals surface area (Å²) in [6.45, 7) is 0.348. The van der Waals surface area contributed by atoms with Crippen LogP contribution in [0.5, 0.6) is 5.75 Å². The molecular formula is C26H23N5O6S. The van der Waals surface area contributed by atoms with E-state index < -0.39 is 22.2 Å².